The van der Waals surface area contributed by atoms with Gasteiger partial charge in [-0.3, -0.25) is 9.10 Å². The van der Waals surface area contributed by atoms with Crippen molar-refractivity contribution in [3.63, 3.8) is 0 Å². The van der Waals surface area contributed by atoms with Crippen LogP contribution in [0.2, 0.25) is 5.02 Å². The maximum Gasteiger partial charge on any atom is 0.416 e. The van der Waals surface area contributed by atoms with Gasteiger partial charge in [-0.05, 0) is 36.4 Å². The van der Waals surface area contributed by atoms with Crippen LogP contribution in [0.25, 0.3) is 0 Å². The Morgan fingerprint density at radius 1 is 1.09 bits per heavy atom. The third-order valence-corrected chi connectivity index (χ3v) is 6.98. The van der Waals surface area contributed by atoms with Gasteiger partial charge in [0.05, 0.1) is 24.1 Å². The second kappa shape index (κ2) is 8.60. The summed E-state index contributed by atoms with van der Waals surface area (Å²) < 4.78 is 70.6. The number of sulfonamides is 1. The van der Waals surface area contributed by atoms with Crippen LogP contribution >= 0.6 is 11.6 Å². The Kier molecular flexibility index (Phi) is 6.12. The zero-order valence-electron chi connectivity index (χ0n) is 17.5. The van der Waals surface area contributed by atoms with Crippen molar-refractivity contribution in [2.24, 2.45) is 0 Å². The number of amides is 1. The molecule has 1 atom stereocenters. The van der Waals surface area contributed by atoms with E-state index in [1.807, 2.05) is 0 Å². The minimum atomic E-state index is -4.43. The van der Waals surface area contributed by atoms with Crippen LogP contribution in [0.5, 0.6) is 5.75 Å². The fraction of sp³-hybridized carbons (Fsp3) is 0.381. The number of ether oxygens (including phenoxy) is 1. The molecule has 0 radical (unpaired) electrons. The molecule has 2 heterocycles. The Bertz CT molecular complexity index is 1170. The van der Waals surface area contributed by atoms with E-state index in [0.717, 1.165) is 22.7 Å². The Morgan fingerprint density at radius 3 is 2.42 bits per heavy atom. The predicted molar refractivity (Wildman–Crippen MR) is 118 cm³/mol. The maximum atomic E-state index is 13.1. The molecular formula is C21H21ClF3N3O4S. The van der Waals surface area contributed by atoms with Crippen LogP contribution in [0.15, 0.2) is 42.5 Å². The molecule has 2 aliphatic rings. The minimum absolute atomic E-state index is 0.196. The average Bonchev–Trinajstić information content (AvgIpc) is 2.77. The fourth-order valence-electron chi connectivity index (χ4n) is 3.93. The Morgan fingerprint density at radius 2 is 1.79 bits per heavy atom. The second-order valence-corrected chi connectivity index (χ2v) is 10.2. The van der Waals surface area contributed by atoms with Crippen molar-refractivity contribution in [2.45, 2.75) is 12.3 Å². The molecule has 0 aromatic heterocycles. The smallest absolute Gasteiger partial charge is 0.416 e. The van der Waals surface area contributed by atoms with E-state index >= 15 is 0 Å². The van der Waals surface area contributed by atoms with E-state index in [0.29, 0.717) is 23.8 Å². The van der Waals surface area contributed by atoms with Crippen LogP contribution in [0.3, 0.4) is 0 Å². The monoisotopic (exact) mass is 503 g/mol. The highest BCUT2D eigenvalue weighted by molar-refractivity contribution is 7.92. The number of fused-ring (bicyclic) bond motifs is 1. The van der Waals surface area contributed by atoms with Gasteiger partial charge in [0.2, 0.25) is 10.0 Å². The van der Waals surface area contributed by atoms with Gasteiger partial charge in [-0.1, -0.05) is 17.7 Å². The van der Waals surface area contributed by atoms with Crippen LogP contribution in [-0.4, -0.2) is 64.3 Å². The van der Waals surface area contributed by atoms with Crippen molar-refractivity contribution in [1.82, 2.24) is 4.90 Å². The minimum Gasteiger partial charge on any atom is -0.476 e. The highest BCUT2D eigenvalue weighted by Crippen LogP contribution is 2.37. The molecule has 0 spiro atoms. The van der Waals surface area contributed by atoms with Gasteiger partial charge in [-0.2, -0.15) is 13.2 Å². The number of halogens is 4. The Hall–Kier alpha value is -2.66. The zero-order chi connectivity index (χ0) is 24.0. The molecule has 2 aliphatic heterocycles. The zero-order valence-corrected chi connectivity index (χ0v) is 19.1. The fourth-order valence-corrected chi connectivity index (χ4v) is 5.01. The number of carbonyl (C=O) groups excluding carboxylic acids is 1. The molecule has 4 rings (SSSR count). The molecule has 0 aliphatic carbocycles. The first-order valence-electron chi connectivity index (χ1n) is 10.1. The van der Waals surface area contributed by atoms with E-state index in [1.54, 1.807) is 17.0 Å². The van der Waals surface area contributed by atoms with Crippen molar-refractivity contribution in [2.75, 3.05) is 48.2 Å². The number of anilines is 2. The molecule has 0 unspecified atom stereocenters. The van der Waals surface area contributed by atoms with Gasteiger partial charge < -0.3 is 14.5 Å². The summed E-state index contributed by atoms with van der Waals surface area (Å²) in [6.45, 7) is 1.00. The first kappa shape index (κ1) is 23.5. The maximum absolute atomic E-state index is 13.1. The Balaban J connectivity index is 1.46. The molecule has 0 saturated carbocycles. The number of nitrogens with zero attached hydrogens (tertiary/aromatic N) is 3. The lowest BCUT2D eigenvalue weighted by Crippen LogP contribution is -2.56. The number of hydrogen-bond acceptors (Lipinski definition) is 5. The third-order valence-electron chi connectivity index (χ3n) is 5.60. The van der Waals surface area contributed by atoms with Crippen LogP contribution in [0.4, 0.5) is 24.5 Å². The van der Waals surface area contributed by atoms with Crippen LogP contribution in [0.1, 0.15) is 5.56 Å². The van der Waals surface area contributed by atoms with Crippen molar-refractivity contribution in [1.29, 1.82) is 0 Å². The highest BCUT2D eigenvalue weighted by Gasteiger charge is 2.38. The lowest BCUT2D eigenvalue weighted by Gasteiger charge is -2.40. The standard InChI is InChI=1S/C21H21ClF3N3O4S/c1-33(30,31)28-13-19(32-18-6-5-15(22)12-17(18)28)20(29)27-9-7-26(8-10-27)16-4-2-3-14(11-16)21(23,24)25/h2-6,11-12,19H,7-10,13H2,1H3/t19-/m0/s1. The number of hydrogen-bond donors (Lipinski definition) is 0. The van der Waals surface area contributed by atoms with E-state index in [4.69, 9.17) is 16.3 Å². The van der Waals surface area contributed by atoms with Gasteiger partial charge in [0.15, 0.2) is 6.10 Å². The molecule has 1 saturated heterocycles. The highest BCUT2D eigenvalue weighted by atomic mass is 35.5. The van der Waals surface area contributed by atoms with Crippen molar-refractivity contribution in [3.05, 3.63) is 53.1 Å². The van der Waals surface area contributed by atoms with Gasteiger partial charge in [-0.25, -0.2) is 8.42 Å². The summed E-state index contributed by atoms with van der Waals surface area (Å²) in [6.07, 6.45) is -4.44. The molecule has 0 N–H and O–H groups in total. The van der Waals surface area contributed by atoms with Crippen LogP contribution < -0.4 is 13.9 Å². The van der Waals surface area contributed by atoms with Gasteiger partial charge in [0, 0.05) is 36.9 Å². The second-order valence-electron chi connectivity index (χ2n) is 7.87. The van der Waals surface area contributed by atoms with Gasteiger partial charge >= 0.3 is 6.18 Å². The molecule has 2 aromatic rings. The summed E-state index contributed by atoms with van der Waals surface area (Å²) in [6, 6.07) is 9.59. The van der Waals surface area contributed by atoms with E-state index in [-0.39, 0.29) is 37.0 Å². The summed E-state index contributed by atoms with van der Waals surface area (Å²) in [4.78, 5) is 16.4. The first-order chi connectivity index (χ1) is 15.4. The lowest BCUT2D eigenvalue weighted by atomic mass is 10.1. The number of rotatable bonds is 3. The molecule has 1 fully saturated rings. The summed E-state index contributed by atoms with van der Waals surface area (Å²) in [5, 5.41) is 0.335. The summed E-state index contributed by atoms with van der Waals surface area (Å²) in [5.74, 6) is -0.148. The van der Waals surface area contributed by atoms with Crippen molar-refractivity contribution < 1.29 is 31.1 Å². The molecule has 0 bridgehead atoms. The SMILES string of the molecule is CS(=O)(=O)N1C[C@@H](C(=O)N2CCN(c3cccc(C(F)(F)F)c3)CC2)Oc2ccc(Cl)cc21. The van der Waals surface area contributed by atoms with E-state index in [9.17, 15) is 26.4 Å². The predicted octanol–water partition coefficient (Wildman–Crippen LogP) is 3.23. The molecule has 2 aromatic carbocycles. The molecule has 7 nitrogen and oxygen atoms in total. The van der Waals surface area contributed by atoms with Crippen LogP contribution in [-0.2, 0) is 21.0 Å². The third kappa shape index (κ3) is 4.98. The quantitative estimate of drug-likeness (QED) is 0.643. The van der Waals surface area contributed by atoms with E-state index in [1.165, 1.54) is 23.1 Å². The first-order valence-corrected chi connectivity index (χ1v) is 12.3. The molecule has 33 heavy (non-hydrogen) atoms. The Labute approximate surface area is 194 Å². The number of benzene rings is 2. The molecular weight excluding hydrogens is 483 g/mol. The summed E-state index contributed by atoms with van der Waals surface area (Å²) in [7, 11) is -3.69. The van der Waals surface area contributed by atoms with Crippen LogP contribution in [0, 0.1) is 0 Å². The number of carbonyl (C=O) groups is 1. The van der Waals surface area contributed by atoms with Crippen molar-refractivity contribution in [3.8, 4) is 5.75 Å². The van der Waals surface area contributed by atoms with E-state index < -0.39 is 27.9 Å². The molecule has 12 heteroatoms. The van der Waals surface area contributed by atoms with Crippen molar-refractivity contribution >= 4 is 38.9 Å². The molecule has 178 valence electrons. The average molecular weight is 504 g/mol. The van der Waals surface area contributed by atoms with E-state index in [2.05, 4.69) is 0 Å². The van der Waals surface area contributed by atoms with Gasteiger partial charge in [0.1, 0.15) is 5.75 Å². The summed E-state index contributed by atoms with van der Waals surface area (Å²) >= 11 is 5.99. The lowest BCUT2D eigenvalue weighted by molar-refractivity contribution is -0.139. The number of piperazine rings is 1. The number of alkyl halides is 3. The summed E-state index contributed by atoms with van der Waals surface area (Å²) in [5.41, 5.74) is -0.0305. The largest absolute Gasteiger partial charge is 0.476 e. The topological polar surface area (TPSA) is 70.2 Å². The normalized spacial score (nSPS) is 19.2. The van der Waals surface area contributed by atoms with Gasteiger partial charge in [0.25, 0.3) is 5.91 Å². The van der Waals surface area contributed by atoms with Gasteiger partial charge in [-0.15, -0.1) is 0 Å². The molecule has 1 amide bonds.